The normalized spacial score (nSPS) is 17.8. The summed E-state index contributed by atoms with van der Waals surface area (Å²) in [5.41, 5.74) is 3.98. The number of rotatable bonds is 5. The summed E-state index contributed by atoms with van der Waals surface area (Å²) in [5.74, 6) is -0.161. The molecule has 0 unspecified atom stereocenters. The third-order valence-electron chi connectivity index (χ3n) is 6.03. The van der Waals surface area contributed by atoms with Gasteiger partial charge in [-0.2, -0.15) is 0 Å². The molecule has 2 N–H and O–H groups in total. The second kappa shape index (κ2) is 8.09. The molecule has 2 aromatic heterocycles. The van der Waals surface area contributed by atoms with Gasteiger partial charge in [-0.3, -0.25) is 9.59 Å². The van der Waals surface area contributed by atoms with Crippen molar-refractivity contribution in [1.29, 1.82) is 0 Å². The zero-order valence-corrected chi connectivity index (χ0v) is 17.6. The van der Waals surface area contributed by atoms with E-state index in [-0.39, 0.29) is 23.6 Å². The standard InChI is InChI=1S/C25H23N3O4/c1-15-23(14-32-27-15)17-5-6-22-18(10-17)7-8-28(25(22)31)13-16-3-2-4-19(9-16)24(30)26-20-11-21(29)12-20/h2-10,14,20-21,29H,11-13H2,1H3,(H,26,30)/t20-,21-. The Morgan fingerprint density at radius 1 is 1.22 bits per heavy atom. The number of fused-ring (bicyclic) bond motifs is 1. The van der Waals surface area contributed by atoms with E-state index in [1.807, 2.05) is 43.3 Å². The minimum atomic E-state index is -0.317. The lowest BCUT2D eigenvalue weighted by Gasteiger charge is -2.31. The molecule has 32 heavy (non-hydrogen) atoms. The van der Waals surface area contributed by atoms with Crippen molar-refractivity contribution in [3.05, 3.63) is 88.2 Å². The summed E-state index contributed by atoms with van der Waals surface area (Å²) in [4.78, 5) is 25.6. The first-order valence-electron chi connectivity index (χ1n) is 10.6. The Hall–Kier alpha value is -3.71. The van der Waals surface area contributed by atoms with Gasteiger partial charge in [-0.25, -0.2) is 0 Å². The number of benzene rings is 2. The maximum Gasteiger partial charge on any atom is 0.258 e. The summed E-state index contributed by atoms with van der Waals surface area (Å²) in [7, 11) is 0. The van der Waals surface area contributed by atoms with Crippen LogP contribution in [0, 0.1) is 6.92 Å². The van der Waals surface area contributed by atoms with Crippen LogP contribution >= 0.6 is 0 Å². The number of aromatic nitrogens is 2. The molecule has 5 rings (SSSR count). The van der Waals surface area contributed by atoms with Gasteiger partial charge in [0.1, 0.15) is 6.26 Å². The Labute approximate surface area is 184 Å². The average Bonchev–Trinajstić information content (AvgIpc) is 3.20. The molecule has 1 aliphatic carbocycles. The minimum Gasteiger partial charge on any atom is -0.393 e. The molecule has 7 heteroatoms. The molecule has 0 atom stereocenters. The predicted octanol–water partition coefficient (Wildman–Crippen LogP) is 3.27. The van der Waals surface area contributed by atoms with E-state index in [0.29, 0.717) is 30.3 Å². The number of hydrogen-bond donors (Lipinski definition) is 2. The number of carbonyl (C=O) groups is 1. The number of nitrogens with zero attached hydrogens (tertiary/aromatic N) is 2. The van der Waals surface area contributed by atoms with Gasteiger partial charge in [0, 0.05) is 28.8 Å². The molecule has 162 valence electrons. The first kappa shape index (κ1) is 20.2. The lowest BCUT2D eigenvalue weighted by Crippen LogP contribution is -2.46. The molecule has 2 heterocycles. The van der Waals surface area contributed by atoms with E-state index in [1.165, 1.54) is 0 Å². The number of carbonyl (C=O) groups excluding carboxylic acids is 1. The fourth-order valence-electron chi connectivity index (χ4n) is 4.13. The van der Waals surface area contributed by atoms with E-state index in [9.17, 15) is 14.7 Å². The fourth-order valence-corrected chi connectivity index (χ4v) is 4.13. The van der Waals surface area contributed by atoms with Crippen LogP contribution in [0.2, 0.25) is 0 Å². The first-order chi connectivity index (χ1) is 15.5. The number of pyridine rings is 1. The van der Waals surface area contributed by atoms with Crippen LogP contribution in [0.1, 0.15) is 34.5 Å². The van der Waals surface area contributed by atoms with Crippen LogP contribution in [-0.2, 0) is 6.54 Å². The molecule has 4 aromatic rings. The molecule has 1 amide bonds. The number of amides is 1. The third-order valence-corrected chi connectivity index (χ3v) is 6.03. The van der Waals surface area contributed by atoms with Gasteiger partial charge < -0.3 is 19.5 Å². The summed E-state index contributed by atoms with van der Waals surface area (Å²) in [6, 6.07) is 14.9. The fraction of sp³-hybridized carbons (Fsp3) is 0.240. The zero-order chi connectivity index (χ0) is 22.2. The Kier molecular flexibility index (Phi) is 5.11. The molecular weight excluding hydrogens is 406 g/mol. The molecule has 0 saturated heterocycles. The maximum atomic E-state index is 13.1. The van der Waals surface area contributed by atoms with Crippen LogP contribution in [0.5, 0.6) is 0 Å². The monoisotopic (exact) mass is 429 g/mol. The molecule has 1 aliphatic rings. The summed E-state index contributed by atoms with van der Waals surface area (Å²) in [6.45, 7) is 2.25. The van der Waals surface area contributed by atoms with Crippen molar-refractivity contribution >= 4 is 16.7 Å². The second-order valence-electron chi connectivity index (χ2n) is 8.36. The summed E-state index contributed by atoms with van der Waals surface area (Å²) < 4.78 is 6.67. The molecule has 0 radical (unpaired) electrons. The number of aliphatic hydroxyl groups is 1. The van der Waals surface area contributed by atoms with Gasteiger partial charge in [-0.15, -0.1) is 0 Å². The van der Waals surface area contributed by atoms with Gasteiger partial charge >= 0.3 is 0 Å². The van der Waals surface area contributed by atoms with Crippen molar-refractivity contribution in [1.82, 2.24) is 15.0 Å². The Morgan fingerprint density at radius 2 is 2.06 bits per heavy atom. The topological polar surface area (TPSA) is 97.4 Å². The van der Waals surface area contributed by atoms with Crippen LogP contribution in [0.15, 0.2) is 70.3 Å². The van der Waals surface area contributed by atoms with E-state index < -0.39 is 0 Å². The van der Waals surface area contributed by atoms with Crippen molar-refractivity contribution < 1.29 is 14.4 Å². The highest BCUT2D eigenvalue weighted by molar-refractivity contribution is 5.94. The van der Waals surface area contributed by atoms with Crippen LogP contribution < -0.4 is 10.9 Å². The number of aryl methyl sites for hydroxylation is 1. The molecule has 0 bridgehead atoms. The molecule has 0 spiro atoms. The minimum absolute atomic E-state index is 0.0239. The number of aliphatic hydroxyl groups excluding tert-OH is 1. The lowest BCUT2D eigenvalue weighted by molar-refractivity contribution is 0.0562. The molecular formula is C25H23N3O4. The van der Waals surface area contributed by atoms with E-state index in [1.54, 1.807) is 29.2 Å². The summed E-state index contributed by atoms with van der Waals surface area (Å²) >= 11 is 0. The number of nitrogens with one attached hydrogen (secondary N) is 1. The van der Waals surface area contributed by atoms with E-state index in [4.69, 9.17) is 4.52 Å². The van der Waals surface area contributed by atoms with Gasteiger partial charge in [0.25, 0.3) is 11.5 Å². The van der Waals surface area contributed by atoms with Crippen LogP contribution in [0.4, 0.5) is 0 Å². The van der Waals surface area contributed by atoms with Gasteiger partial charge in [0.2, 0.25) is 0 Å². The van der Waals surface area contributed by atoms with E-state index in [0.717, 1.165) is 27.8 Å². The SMILES string of the molecule is Cc1nocc1-c1ccc2c(=O)n(Cc3cccc(C(=O)N[C@H]4C[C@H](O)C4)c3)ccc2c1. The summed E-state index contributed by atoms with van der Waals surface area (Å²) in [6.07, 6.45) is 4.25. The lowest BCUT2D eigenvalue weighted by atomic mass is 9.89. The van der Waals surface area contributed by atoms with Gasteiger partial charge in [0.05, 0.1) is 18.3 Å². The van der Waals surface area contributed by atoms with E-state index in [2.05, 4.69) is 10.5 Å². The van der Waals surface area contributed by atoms with Crippen molar-refractivity contribution in [3.8, 4) is 11.1 Å². The van der Waals surface area contributed by atoms with Crippen molar-refractivity contribution in [2.75, 3.05) is 0 Å². The second-order valence-corrected chi connectivity index (χ2v) is 8.36. The highest BCUT2D eigenvalue weighted by Crippen LogP contribution is 2.25. The zero-order valence-electron chi connectivity index (χ0n) is 17.6. The van der Waals surface area contributed by atoms with Gasteiger partial charge in [-0.1, -0.05) is 23.4 Å². The maximum absolute atomic E-state index is 13.1. The van der Waals surface area contributed by atoms with Crippen LogP contribution in [0.25, 0.3) is 21.9 Å². The largest absolute Gasteiger partial charge is 0.393 e. The highest BCUT2D eigenvalue weighted by Gasteiger charge is 2.28. The Bertz CT molecular complexity index is 1370. The Morgan fingerprint density at radius 3 is 2.81 bits per heavy atom. The molecule has 1 saturated carbocycles. The predicted molar refractivity (Wildman–Crippen MR) is 120 cm³/mol. The van der Waals surface area contributed by atoms with Crippen molar-refractivity contribution in [2.45, 2.75) is 38.5 Å². The third kappa shape index (κ3) is 3.83. The molecule has 7 nitrogen and oxygen atoms in total. The molecule has 1 fully saturated rings. The van der Waals surface area contributed by atoms with Gasteiger partial charge in [-0.05, 0) is 66.6 Å². The van der Waals surface area contributed by atoms with Crippen LogP contribution in [0.3, 0.4) is 0 Å². The highest BCUT2D eigenvalue weighted by atomic mass is 16.5. The molecule has 0 aliphatic heterocycles. The van der Waals surface area contributed by atoms with Crippen LogP contribution in [-0.4, -0.2) is 32.9 Å². The quantitative estimate of drug-likeness (QED) is 0.508. The number of hydrogen-bond acceptors (Lipinski definition) is 5. The summed E-state index contributed by atoms with van der Waals surface area (Å²) in [5, 5.41) is 17.7. The smallest absolute Gasteiger partial charge is 0.258 e. The van der Waals surface area contributed by atoms with Crippen molar-refractivity contribution in [2.24, 2.45) is 0 Å². The van der Waals surface area contributed by atoms with Gasteiger partial charge in [0.15, 0.2) is 0 Å². The first-order valence-corrected chi connectivity index (χ1v) is 10.6. The molecule has 2 aromatic carbocycles. The van der Waals surface area contributed by atoms with Crippen molar-refractivity contribution in [3.63, 3.8) is 0 Å². The van der Waals surface area contributed by atoms with E-state index >= 15 is 0 Å². The average molecular weight is 429 g/mol. The Balaban J connectivity index is 1.38.